The SMILES string of the molecule is CC1CCCCN1Cc1ccccc1CNC(=O)c1cn(-c2cccc([N+](=O)[O-])c2)nn1. The molecule has 0 bridgehead atoms. The molecule has 0 radical (unpaired) electrons. The molecule has 0 saturated carbocycles. The molecule has 1 aliphatic heterocycles. The molecule has 1 fully saturated rings. The molecule has 1 aromatic heterocycles. The molecule has 1 atom stereocenters. The number of nitro benzene ring substituents is 1. The van der Waals surface area contributed by atoms with Crippen molar-refractivity contribution in [1.82, 2.24) is 25.2 Å². The highest BCUT2D eigenvalue weighted by Gasteiger charge is 2.19. The van der Waals surface area contributed by atoms with Crippen molar-refractivity contribution in [1.29, 1.82) is 0 Å². The Morgan fingerprint density at radius 3 is 2.78 bits per heavy atom. The summed E-state index contributed by atoms with van der Waals surface area (Å²) in [6, 6.07) is 14.7. The first kappa shape index (κ1) is 21.6. The summed E-state index contributed by atoms with van der Waals surface area (Å²) in [6.45, 7) is 4.63. The summed E-state index contributed by atoms with van der Waals surface area (Å²) in [6.07, 6.45) is 5.20. The number of nitro groups is 1. The first-order chi connectivity index (χ1) is 15.5. The van der Waals surface area contributed by atoms with Gasteiger partial charge in [-0.15, -0.1) is 5.10 Å². The van der Waals surface area contributed by atoms with Gasteiger partial charge in [0.25, 0.3) is 11.6 Å². The smallest absolute Gasteiger partial charge is 0.273 e. The second-order valence-electron chi connectivity index (χ2n) is 8.09. The maximum atomic E-state index is 12.6. The van der Waals surface area contributed by atoms with E-state index >= 15 is 0 Å². The molecule has 32 heavy (non-hydrogen) atoms. The predicted octanol–water partition coefficient (Wildman–Crippen LogP) is 3.48. The summed E-state index contributed by atoms with van der Waals surface area (Å²) in [5.41, 5.74) is 2.85. The molecule has 1 unspecified atom stereocenters. The maximum absolute atomic E-state index is 12.6. The third-order valence-corrected chi connectivity index (χ3v) is 5.90. The normalized spacial score (nSPS) is 16.6. The van der Waals surface area contributed by atoms with Crippen LogP contribution in [-0.2, 0) is 13.1 Å². The zero-order chi connectivity index (χ0) is 22.5. The second-order valence-corrected chi connectivity index (χ2v) is 8.09. The number of rotatable bonds is 7. The van der Waals surface area contributed by atoms with Crippen molar-refractivity contribution in [3.8, 4) is 5.69 Å². The van der Waals surface area contributed by atoms with E-state index < -0.39 is 4.92 Å². The van der Waals surface area contributed by atoms with E-state index in [2.05, 4.69) is 33.5 Å². The molecule has 1 aliphatic rings. The Morgan fingerprint density at radius 2 is 2.00 bits per heavy atom. The molecular formula is C23H26N6O3. The van der Waals surface area contributed by atoms with Crippen molar-refractivity contribution >= 4 is 11.6 Å². The Kier molecular flexibility index (Phi) is 6.55. The second kappa shape index (κ2) is 9.69. The number of hydrogen-bond donors (Lipinski definition) is 1. The van der Waals surface area contributed by atoms with Gasteiger partial charge in [-0.1, -0.05) is 42.0 Å². The number of amides is 1. The van der Waals surface area contributed by atoms with E-state index in [1.54, 1.807) is 12.1 Å². The molecule has 9 heteroatoms. The van der Waals surface area contributed by atoms with Gasteiger partial charge >= 0.3 is 0 Å². The Morgan fingerprint density at radius 1 is 1.19 bits per heavy atom. The summed E-state index contributed by atoms with van der Waals surface area (Å²) in [5.74, 6) is -0.345. The van der Waals surface area contributed by atoms with Crippen molar-refractivity contribution in [2.75, 3.05) is 6.54 Å². The van der Waals surface area contributed by atoms with Crippen LogP contribution in [0.15, 0.2) is 54.7 Å². The molecule has 2 heterocycles. The van der Waals surface area contributed by atoms with E-state index in [0.29, 0.717) is 18.3 Å². The predicted molar refractivity (Wildman–Crippen MR) is 119 cm³/mol. The van der Waals surface area contributed by atoms with Gasteiger partial charge in [0.1, 0.15) is 0 Å². The average molecular weight is 435 g/mol. The number of piperidine rings is 1. The lowest BCUT2D eigenvalue weighted by atomic mass is 10.0. The highest BCUT2D eigenvalue weighted by molar-refractivity contribution is 5.91. The fraction of sp³-hybridized carbons (Fsp3) is 0.348. The fourth-order valence-corrected chi connectivity index (χ4v) is 4.00. The Hall–Kier alpha value is -3.59. The van der Waals surface area contributed by atoms with Crippen LogP contribution in [-0.4, -0.2) is 43.3 Å². The molecular weight excluding hydrogens is 408 g/mol. The van der Waals surface area contributed by atoms with Crippen molar-refractivity contribution in [3.05, 3.63) is 81.7 Å². The minimum atomic E-state index is -0.476. The van der Waals surface area contributed by atoms with Crippen LogP contribution < -0.4 is 5.32 Å². The van der Waals surface area contributed by atoms with Gasteiger partial charge in [0, 0.05) is 31.3 Å². The lowest BCUT2D eigenvalue weighted by Crippen LogP contribution is -2.37. The number of carbonyl (C=O) groups excluding carboxylic acids is 1. The number of aromatic nitrogens is 3. The highest BCUT2D eigenvalue weighted by atomic mass is 16.6. The van der Waals surface area contributed by atoms with Crippen LogP contribution in [0.2, 0.25) is 0 Å². The molecule has 2 aromatic carbocycles. The molecule has 1 saturated heterocycles. The number of hydrogen-bond acceptors (Lipinski definition) is 6. The summed E-state index contributed by atoms with van der Waals surface area (Å²) >= 11 is 0. The summed E-state index contributed by atoms with van der Waals surface area (Å²) in [4.78, 5) is 25.6. The summed E-state index contributed by atoms with van der Waals surface area (Å²) in [7, 11) is 0. The maximum Gasteiger partial charge on any atom is 0.273 e. The Labute approximate surface area is 186 Å². The zero-order valence-corrected chi connectivity index (χ0v) is 18.0. The van der Waals surface area contributed by atoms with E-state index in [1.807, 2.05) is 18.2 Å². The van der Waals surface area contributed by atoms with Gasteiger partial charge in [-0.25, -0.2) is 4.68 Å². The molecule has 166 valence electrons. The van der Waals surface area contributed by atoms with Gasteiger partial charge in [0.2, 0.25) is 0 Å². The van der Waals surface area contributed by atoms with Gasteiger partial charge in [-0.3, -0.25) is 19.8 Å². The monoisotopic (exact) mass is 434 g/mol. The van der Waals surface area contributed by atoms with Crippen LogP contribution in [0.1, 0.15) is 47.8 Å². The number of nitrogens with zero attached hydrogens (tertiary/aromatic N) is 5. The number of likely N-dealkylation sites (tertiary alicyclic amines) is 1. The molecule has 4 rings (SSSR count). The Bertz CT molecular complexity index is 1110. The minimum absolute atomic E-state index is 0.0522. The van der Waals surface area contributed by atoms with Crippen LogP contribution in [0.5, 0.6) is 0 Å². The van der Waals surface area contributed by atoms with Crippen LogP contribution in [0, 0.1) is 10.1 Å². The molecule has 0 spiro atoms. The van der Waals surface area contributed by atoms with Gasteiger partial charge in [0.05, 0.1) is 16.8 Å². The van der Waals surface area contributed by atoms with E-state index in [9.17, 15) is 14.9 Å². The number of nitrogens with one attached hydrogen (secondary N) is 1. The largest absolute Gasteiger partial charge is 0.347 e. The summed E-state index contributed by atoms with van der Waals surface area (Å²) < 4.78 is 1.35. The fourth-order valence-electron chi connectivity index (χ4n) is 4.00. The van der Waals surface area contributed by atoms with Crippen LogP contribution in [0.25, 0.3) is 5.69 Å². The standard InChI is InChI=1S/C23H26N6O3/c1-17-7-4-5-12-27(17)15-19-9-3-2-8-18(19)14-24-23(30)22-16-28(26-25-22)20-10-6-11-21(13-20)29(31)32/h2-3,6,8-11,13,16-17H,4-5,7,12,14-15H2,1H3,(H,24,30). The van der Waals surface area contributed by atoms with Crippen molar-refractivity contribution < 1.29 is 9.72 Å². The summed E-state index contributed by atoms with van der Waals surface area (Å²) in [5, 5.41) is 21.8. The van der Waals surface area contributed by atoms with Gasteiger partial charge < -0.3 is 5.32 Å². The third-order valence-electron chi connectivity index (χ3n) is 5.90. The van der Waals surface area contributed by atoms with E-state index in [1.165, 1.54) is 47.8 Å². The number of carbonyl (C=O) groups is 1. The topological polar surface area (TPSA) is 106 Å². The van der Waals surface area contributed by atoms with Crippen molar-refractivity contribution in [2.24, 2.45) is 0 Å². The third kappa shape index (κ3) is 5.00. The molecule has 1 N–H and O–H groups in total. The Balaban J connectivity index is 1.42. The molecule has 9 nitrogen and oxygen atoms in total. The van der Waals surface area contributed by atoms with Gasteiger partial charge in [-0.2, -0.15) is 0 Å². The van der Waals surface area contributed by atoms with Crippen LogP contribution >= 0.6 is 0 Å². The first-order valence-corrected chi connectivity index (χ1v) is 10.8. The number of non-ortho nitro benzene ring substituents is 1. The molecule has 1 amide bonds. The van der Waals surface area contributed by atoms with Crippen molar-refractivity contribution in [2.45, 2.75) is 45.3 Å². The van der Waals surface area contributed by atoms with Gasteiger partial charge in [-0.05, 0) is 43.5 Å². The number of benzene rings is 2. The van der Waals surface area contributed by atoms with Crippen molar-refractivity contribution in [3.63, 3.8) is 0 Å². The van der Waals surface area contributed by atoms with E-state index in [4.69, 9.17) is 0 Å². The van der Waals surface area contributed by atoms with Crippen LogP contribution in [0.4, 0.5) is 5.69 Å². The average Bonchev–Trinajstić information content (AvgIpc) is 3.30. The first-order valence-electron chi connectivity index (χ1n) is 10.8. The minimum Gasteiger partial charge on any atom is -0.347 e. The van der Waals surface area contributed by atoms with Gasteiger partial charge in [0.15, 0.2) is 5.69 Å². The molecule has 0 aliphatic carbocycles. The van der Waals surface area contributed by atoms with Crippen LogP contribution in [0.3, 0.4) is 0 Å². The lowest BCUT2D eigenvalue weighted by Gasteiger charge is -2.33. The van der Waals surface area contributed by atoms with E-state index in [-0.39, 0.29) is 17.3 Å². The molecule has 3 aromatic rings. The highest BCUT2D eigenvalue weighted by Crippen LogP contribution is 2.21. The lowest BCUT2D eigenvalue weighted by molar-refractivity contribution is -0.384. The van der Waals surface area contributed by atoms with E-state index in [0.717, 1.165) is 18.7 Å². The quantitative estimate of drug-likeness (QED) is 0.451. The zero-order valence-electron chi connectivity index (χ0n) is 18.0.